The summed E-state index contributed by atoms with van der Waals surface area (Å²) in [7, 11) is 10.5. The van der Waals surface area contributed by atoms with Gasteiger partial charge in [-0.2, -0.15) is 0 Å². The molecule has 0 aliphatic carbocycles. The Hall–Kier alpha value is -3.23. The van der Waals surface area contributed by atoms with Crippen molar-refractivity contribution in [2.24, 2.45) is 7.05 Å². The Morgan fingerprint density at radius 2 is 1.31 bits per heavy atom. The summed E-state index contributed by atoms with van der Waals surface area (Å²) in [5.41, 5.74) is 0.835. The van der Waals surface area contributed by atoms with Crippen molar-refractivity contribution >= 4 is 39.6 Å². The summed E-state index contributed by atoms with van der Waals surface area (Å²) in [5, 5.41) is 0.597. The van der Waals surface area contributed by atoms with Crippen LogP contribution in [-0.2, 0) is 15.6 Å². The Morgan fingerprint density at radius 1 is 0.781 bits per heavy atom. The van der Waals surface area contributed by atoms with Crippen LogP contribution in [0.5, 0.6) is 28.7 Å². The fourth-order valence-electron chi connectivity index (χ4n) is 3.52. The van der Waals surface area contributed by atoms with E-state index >= 15 is 0 Å². The molecule has 0 fully saturated rings. The monoisotopic (exact) mass is 511 g/mol. The molecule has 0 radical (unpaired) electrons. The molecule has 2 aromatic carbocycles. The SMILES string of the molecule is COC(=O)c1c([Se](=O)c2cc(OC)c(OC)c(OC)c2)c2cc(OC)c(OC)cc2n1C. The number of hydrogen-bond donors (Lipinski definition) is 0. The molecular weight excluding hydrogens is 485 g/mol. The van der Waals surface area contributed by atoms with E-state index in [-0.39, 0.29) is 5.69 Å². The number of carbonyl (C=O) groups is 1. The maximum absolute atomic E-state index is 14.0. The number of aromatic nitrogens is 1. The Bertz CT molecular complexity index is 1180. The van der Waals surface area contributed by atoms with Crippen LogP contribution in [0.15, 0.2) is 24.3 Å². The van der Waals surface area contributed by atoms with Crippen LogP contribution in [0.3, 0.4) is 0 Å². The normalized spacial score (nSPS) is 11.7. The number of carbonyl (C=O) groups excluding carboxylic acids is 1. The molecule has 0 bridgehead atoms. The maximum atomic E-state index is 14.0. The van der Waals surface area contributed by atoms with Gasteiger partial charge in [-0.25, -0.2) is 0 Å². The molecule has 0 aliphatic rings. The Balaban J connectivity index is 2.36. The number of esters is 1. The zero-order valence-corrected chi connectivity index (χ0v) is 20.6. The molecule has 0 amide bonds. The van der Waals surface area contributed by atoms with Crippen molar-refractivity contribution in [2.45, 2.75) is 0 Å². The van der Waals surface area contributed by atoms with E-state index in [9.17, 15) is 8.63 Å². The summed E-state index contributed by atoms with van der Waals surface area (Å²) >= 11 is -3.04. The number of rotatable bonds is 8. The number of hydrogen-bond acceptors (Lipinski definition) is 8. The van der Waals surface area contributed by atoms with Crippen molar-refractivity contribution in [3.8, 4) is 28.7 Å². The first-order chi connectivity index (χ1) is 15.4. The average Bonchev–Trinajstić information content (AvgIpc) is 3.12. The van der Waals surface area contributed by atoms with E-state index in [1.165, 1.54) is 42.7 Å². The van der Waals surface area contributed by atoms with Gasteiger partial charge in [0.1, 0.15) is 0 Å². The van der Waals surface area contributed by atoms with Crippen molar-refractivity contribution in [2.75, 3.05) is 42.7 Å². The molecular formula is C22H25NO8Se. The van der Waals surface area contributed by atoms with Crippen LogP contribution in [0.2, 0.25) is 0 Å². The van der Waals surface area contributed by atoms with Gasteiger partial charge in [0.15, 0.2) is 0 Å². The number of ether oxygens (including phenoxy) is 6. The quantitative estimate of drug-likeness (QED) is 0.333. The van der Waals surface area contributed by atoms with Crippen molar-refractivity contribution < 1.29 is 37.1 Å². The van der Waals surface area contributed by atoms with Crippen LogP contribution in [0, 0.1) is 0 Å². The molecule has 0 saturated carbocycles. The van der Waals surface area contributed by atoms with Gasteiger partial charge in [-0.15, -0.1) is 0 Å². The molecule has 3 aromatic rings. The standard InChI is InChI=1S/C22H25NO8Se/c1-23-14-11-16(27-3)15(26-2)10-13(14)21(19(23)22(24)31-7)32(25)12-8-17(28-4)20(30-6)18(9-12)29-5/h8-11H,1-7H3. The Morgan fingerprint density at radius 3 is 1.78 bits per heavy atom. The van der Waals surface area contributed by atoms with Crippen LogP contribution < -0.4 is 32.6 Å². The number of benzene rings is 2. The molecule has 1 atom stereocenters. The first-order valence-electron chi connectivity index (χ1n) is 9.41. The second-order valence-electron chi connectivity index (χ2n) is 6.58. The van der Waals surface area contributed by atoms with Gasteiger partial charge >= 0.3 is 190 Å². The van der Waals surface area contributed by atoms with Gasteiger partial charge < -0.3 is 0 Å². The molecule has 0 spiro atoms. The molecule has 3 rings (SSSR count). The molecule has 1 aromatic heterocycles. The third-order valence-electron chi connectivity index (χ3n) is 5.07. The molecule has 1 unspecified atom stereocenters. The zero-order valence-electron chi connectivity index (χ0n) is 18.9. The van der Waals surface area contributed by atoms with Gasteiger partial charge in [0.05, 0.1) is 0 Å². The van der Waals surface area contributed by atoms with E-state index < -0.39 is 19.8 Å². The van der Waals surface area contributed by atoms with Crippen molar-refractivity contribution in [1.82, 2.24) is 4.57 Å². The summed E-state index contributed by atoms with van der Waals surface area (Å²) in [4.78, 5) is 12.7. The van der Waals surface area contributed by atoms with Gasteiger partial charge in [0, 0.05) is 0 Å². The topological polar surface area (TPSA) is 94.5 Å². The summed E-state index contributed by atoms with van der Waals surface area (Å²) < 4.78 is 48.4. The first-order valence-corrected chi connectivity index (χ1v) is 11.8. The van der Waals surface area contributed by atoms with Crippen LogP contribution in [0.25, 0.3) is 10.9 Å². The third kappa shape index (κ3) is 3.76. The van der Waals surface area contributed by atoms with E-state index in [2.05, 4.69) is 0 Å². The second-order valence-corrected chi connectivity index (χ2v) is 9.56. The molecule has 1 heterocycles. The molecule has 0 aliphatic heterocycles. The summed E-state index contributed by atoms with van der Waals surface area (Å²) in [6.07, 6.45) is 0. The average molecular weight is 510 g/mol. The zero-order chi connectivity index (χ0) is 23.6. The van der Waals surface area contributed by atoms with Gasteiger partial charge in [-0.3, -0.25) is 0 Å². The van der Waals surface area contributed by atoms with Crippen LogP contribution in [-0.4, -0.2) is 67.0 Å². The van der Waals surface area contributed by atoms with E-state index in [1.807, 2.05) is 0 Å². The number of nitrogens with zero attached hydrogens (tertiary/aromatic N) is 1. The van der Waals surface area contributed by atoms with E-state index in [0.717, 1.165) is 0 Å². The van der Waals surface area contributed by atoms with Crippen LogP contribution >= 0.6 is 0 Å². The fourth-order valence-corrected chi connectivity index (χ4v) is 6.51. The summed E-state index contributed by atoms with van der Waals surface area (Å²) in [6.45, 7) is 0. The summed E-state index contributed by atoms with van der Waals surface area (Å²) in [6, 6.07) is 6.69. The van der Waals surface area contributed by atoms with E-state index in [1.54, 1.807) is 35.9 Å². The minimum atomic E-state index is -3.04. The molecule has 0 N–H and O–H groups in total. The molecule has 9 nitrogen and oxygen atoms in total. The van der Waals surface area contributed by atoms with Crippen LogP contribution in [0.4, 0.5) is 0 Å². The van der Waals surface area contributed by atoms with Crippen molar-refractivity contribution in [3.05, 3.63) is 30.0 Å². The second kappa shape index (κ2) is 9.50. The van der Waals surface area contributed by atoms with Gasteiger partial charge in [0.25, 0.3) is 0 Å². The Labute approximate surface area is 189 Å². The first kappa shape index (κ1) is 23.4. The molecule has 0 saturated heterocycles. The van der Waals surface area contributed by atoms with E-state index in [0.29, 0.717) is 48.6 Å². The number of methoxy groups -OCH3 is 6. The number of fused-ring (bicyclic) bond motifs is 1. The van der Waals surface area contributed by atoms with Gasteiger partial charge in [-0.05, 0) is 0 Å². The van der Waals surface area contributed by atoms with E-state index in [4.69, 9.17) is 28.4 Å². The molecule has 32 heavy (non-hydrogen) atoms. The van der Waals surface area contributed by atoms with Gasteiger partial charge in [-0.1, -0.05) is 0 Å². The Kier molecular flexibility index (Phi) is 6.96. The fraction of sp³-hybridized carbons (Fsp3) is 0.318. The summed E-state index contributed by atoms with van der Waals surface area (Å²) in [5.74, 6) is 1.45. The third-order valence-corrected chi connectivity index (χ3v) is 8.11. The predicted molar refractivity (Wildman–Crippen MR) is 119 cm³/mol. The predicted octanol–water partition coefficient (Wildman–Crippen LogP) is 1.54. The molecule has 10 heteroatoms. The molecule has 172 valence electrons. The van der Waals surface area contributed by atoms with Gasteiger partial charge in [0.2, 0.25) is 0 Å². The minimum absolute atomic E-state index is 0.187. The number of aryl methyl sites for hydroxylation is 1. The van der Waals surface area contributed by atoms with Crippen molar-refractivity contribution in [3.63, 3.8) is 0 Å². The van der Waals surface area contributed by atoms with Crippen molar-refractivity contribution in [1.29, 1.82) is 0 Å². The van der Waals surface area contributed by atoms with Crippen LogP contribution in [0.1, 0.15) is 10.5 Å².